The van der Waals surface area contributed by atoms with Crippen LogP contribution in [0.1, 0.15) is 62.3 Å². The lowest BCUT2D eigenvalue weighted by atomic mass is 9.99. The number of anilines is 1. The molecule has 3 atom stereocenters. The summed E-state index contributed by atoms with van der Waals surface area (Å²) in [6, 6.07) is 11.2. The van der Waals surface area contributed by atoms with Crippen LogP contribution in [-0.4, -0.2) is 49.2 Å². The van der Waals surface area contributed by atoms with Gasteiger partial charge in [-0.05, 0) is 31.9 Å². The molecule has 0 aliphatic carbocycles. The van der Waals surface area contributed by atoms with Gasteiger partial charge in [-0.2, -0.15) is 10.4 Å². The van der Waals surface area contributed by atoms with Crippen molar-refractivity contribution in [2.75, 3.05) is 18.0 Å². The summed E-state index contributed by atoms with van der Waals surface area (Å²) in [5.41, 5.74) is 2.04. The Hall–Kier alpha value is -3.36. The zero-order valence-electron chi connectivity index (χ0n) is 21.9. The molecule has 1 saturated heterocycles. The van der Waals surface area contributed by atoms with Crippen molar-refractivity contribution in [2.24, 2.45) is 7.05 Å². The van der Waals surface area contributed by atoms with E-state index >= 15 is 0 Å². The van der Waals surface area contributed by atoms with Crippen LogP contribution in [0.4, 0.5) is 14.6 Å². The summed E-state index contributed by atoms with van der Waals surface area (Å²) in [5, 5.41) is 14.6. The van der Waals surface area contributed by atoms with Gasteiger partial charge >= 0.3 is 0 Å². The monoisotopic (exact) mass is 539 g/mol. The highest BCUT2D eigenvalue weighted by molar-refractivity contribution is 7.18. The highest BCUT2D eigenvalue weighted by atomic mass is 32.1. The zero-order chi connectivity index (χ0) is 27.1. The van der Waals surface area contributed by atoms with E-state index in [4.69, 9.17) is 4.98 Å². The predicted octanol–water partition coefficient (Wildman–Crippen LogP) is 5.09. The van der Waals surface area contributed by atoms with Crippen LogP contribution in [0.5, 0.6) is 0 Å². The molecule has 0 saturated carbocycles. The molecule has 0 bridgehead atoms. The van der Waals surface area contributed by atoms with Crippen LogP contribution in [0.2, 0.25) is 0 Å². The Morgan fingerprint density at radius 3 is 2.61 bits per heavy atom. The number of fused-ring (bicyclic) bond motifs is 2. The number of nitrogens with zero attached hydrogens (tertiary/aromatic N) is 7. The molecule has 1 fully saturated rings. The van der Waals surface area contributed by atoms with Gasteiger partial charge in [0.25, 0.3) is 12.0 Å². The van der Waals surface area contributed by atoms with Crippen LogP contribution < -0.4 is 10.5 Å². The van der Waals surface area contributed by atoms with Gasteiger partial charge in [0.1, 0.15) is 16.3 Å². The SMILES string of the molecule is CC[C@H]1CN([C@H](C)c2ccc3cc(C(F)F)sc3n2)[C@H](CC)CN1c1cc(=O)n(C)c2cc(CC#N)nn12. The summed E-state index contributed by atoms with van der Waals surface area (Å²) in [4.78, 5) is 23.1. The van der Waals surface area contributed by atoms with Gasteiger partial charge in [-0.3, -0.25) is 14.3 Å². The van der Waals surface area contributed by atoms with Crippen LogP contribution in [0, 0.1) is 11.3 Å². The molecule has 8 nitrogen and oxygen atoms in total. The Morgan fingerprint density at radius 1 is 1.16 bits per heavy atom. The van der Waals surface area contributed by atoms with Crippen LogP contribution in [0.3, 0.4) is 0 Å². The van der Waals surface area contributed by atoms with Crippen molar-refractivity contribution in [1.82, 2.24) is 24.1 Å². The minimum atomic E-state index is -2.50. The van der Waals surface area contributed by atoms with Gasteiger partial charge in [0.2, 0.25) is 0 Å². The van der Waals surface area contributed by atoms with Crippen molar-refractivity contribution < 1.29 is 8.78 Å². The van der Waals surface area contributed by atoms with E-state index in [0.717, 1.165) is 47.6 Å². The summed E-state index contributed by atoms with van der Waals surface area (Å²) < 4.78 is 29.8. The first-order valence-corrected chi connectivity index (χ1v) is 13.7. The van der Waals surface area contributed by atoms with E-state index in [1.807, 2.05) is 12.1 Å². The zero-order valence-corrected chi connectivity index (χ0v) is 22.8. The molecule has 0 unspecified atom stereocenters. The fourth-order valence-corrected chi connectivity index (χ4v) is 6.38. The lowest BCUT2D eigenvalue weighted by Gasteiger charge is -2.49. The number of rotatable bonds is 7. The van der Waals surface area contributed by atoms with Gasteiger partial charge in [0.05, 0.1) is 28.8 Å². The summed E-state index contributed by atoms with van der Waals surface area (Å²) in [5.74, 6) is 0.738. The van der Waals surface area contributed by atoms with Gasteiger partial charge < -0.3 is 4.90 Å². The molecule has 4 aromatic rings. The average Bonchev–Trinajstić information content (AvgIpc) is 3.54. The first-order chi connectivity index (χ1) is 18.2. The minimum Gasteiger partial charge on any atom is -0.351 e. The number of halogens is 2. The average molecular weight is 540 g/mol. The summed E-state index contributed by atoms with van der Waals surface area (Å²) in [7, 11) is 1.72. The van der Waals surface area contributed by atoms with Crippen molar-refractivity contribution in [3.05, 3.63) is 57.0 Å². The second-order valence-corrected chi connectivity index (χ2v) is 10.9. The molecule has 38 heavy (non-hydrogen) atoms. The highest BCUT2D eigenvalue weighted by Crippen LogP contribution is 2.35. The summed E-state index contributed by atoms with van der Waals surface area (Å²) in [6.45, 7) is 7.87. The van der Waals surface area contributed by atoms with Crippen molar-refractivity contribution in [1.29, 1.82) is 5.26 Å². The van der Waals surface area contributed by atoms with E-state index in [2.05, 4.69) is 41.7 Å². The Balaban J connectivity index is 1.49. The number of piperazine rings is 1. The Bertz CT molecular complexity index is 1570. The second kappa shape index (κ2) is 10.4. The third-order valence-corrected chi connectivity index (χ3v) is 8.74. The number of aryl methyl sites for hydroxylation is 1. The molecule has 11 heteroatoms. The molecule has 0 aromatic carbocycles. The van der Waals surface area contributed by atoms with Gasteiger partial charge in [0, 0.05) is 55.8 Å². The van der Waals surface area contributed by atoms with Crippen molar-refractivity contribution >= 4 is 33.0 Å². The maximum Gasteiger partial charge on any atom is 0.272 e. The third-order valence-electron chi connectivity index (χ3n) is 7.68. The van der Waals surface area contributed by atoms with Gasteiger partial charge in [-0.25, -0.2) is 18.3 Å². The fraction of sp³-hybridized carbons (Fsp3) is 0.481. The van der Waals surface area contributed by atoms with Crippen molar-refractivity contribution in [3.63, 3.8) is 0 Å². The quantitative estimate of drug-likeness (QED) is 0.326. The number of aromatic nitrogens is 4. The molecule has 0 radical (unpaired) electrons. The Kier molecular flexibility index (Phi) is 7.20. The maximum absolute atomic E-state index is 13.2. The second-order valence-electron chi connectivity index (χ2n) is 9.87. The number of hydrogen-bond acceptors (Lipinski definition) is 7. The van der Waals surface area contributed by atoms with Crippen LogP contribution >= 0.6 is 11.3 Å². The number of pyridine rings is 1. The minimum absolute atomic E-state index is 0.00625. The van der Waals surface area contributed by atoms with Crippen LogP contribution in [-0.2, 0) is 13.5 Å². The molecule has 5 rings (SSSR count). The maximum atomic E-state index is 13.2. The Labute approximate surface area is 223 Å². The molecule has 0 N–H and O–H groups in total. The van der Waals surface area contributed by atoms with Crippen molar-refractivity contribution in [3.8, 4) is 6.07 Å². The summed E-state index contributed by atoms with van der Waals surface area (Å²) >= 11 is 1.05. The van der Waals surface area contributed by atoms with Gasteiger partial charge in [0.15, 0.2) is 0 Å². The molecule has 0 amide bonds. The van der Waals surface area contributed by atoms with E-state index in [1.165, 1.54) is 6.07 Å². The smallest absolute Gasteiger partial charge is 0.272 e. The van der Waals surface area contributed by atoms with E-state index in [1.54, 1.807) is 28.3 Å². The first-order valence-electron chi connectivity index (χ1n) is 12.9. The number of hydrogen-bond donors (Lipinski definition) is 0. The fourth-order valence-electron chi connectivity index (χ4n) is 5.48. The highest BCUT2D eigenvalue weighted by Gasteiger charge is 2.37. The molecule has 1 aliphatic heterocycles. The first kappa shape index (κ1) is 26.3. The Morgan fingerprint density at radius 2 is 1.92 bits per heavy atom. The van der Waals surface area contributed by atoms with E-state index < -0.39 is 6.43 Å². The number of thiophene rings is 1. The molecule has 1 aliphatic rings. The third kappa shape index (κ3) is 4.56. The molecule has 200 valence electrons. The molecule has 5 heterocycles. The summed E-state index contributed by atoms with van der Waals surface area (Å²) in [6.07, 6.45) is -0.570. The topological polar surface area (TPSA) is 82.5 Å². The van der Waals surface area contributed by atoms with E-state index in [0.29, 0.717) is 22.7 Å². The van der Waals surface area contributed by atoms with E-state index in [9.17, 15) is 18.8 Å². The molecular weight excluding hydrogens is 508 g/mol. The number of nitriles is 1. The van der Waals surface area contributed by atoms with Crippen LogP contribution in [0.15, 0.2) is 35.1 Å². The molecule has 0 spiro atoms. The van der Waals surface area contributed by atoms with Crippen molar-refractivity contribution in [2.45, 2.75) is 64.6 Å². The molecule has 4 aromatic heterocycles. The predicted molar refractivity (Wildman–Crippen MR) is 145 cm³/mol. The lowest BCUT2D eigenvalue weighted by molar-refractivity contribution is 0.0986. The normalized spacial score (nSPS) is 19.5. The van der Waals surface area contributed by atoms with E-state index in [-0.39, 0.29) is 35.0 Å². The lowest BCUT2D eigenvalue weighted by Crippen LogP contribution is -2.59. The number of alkyl halides is 2. The largest absolute Gasteiger partial charge is 0.351 e. The van der Waals surface area contributed by atoms with Crippen LogP contribution in [0.25, 0.3) is 15.9 Å². The molecular formula is C27H31F2N7OS. The van der Waals surface area contributed by atoms with Gasteiger partial charge in [-0.15, -0.1) is 11.3 Å². The van der Waals surface area contributed by atoms with Gasteiger partial charge in [-0.1, -0.05) is 19.9 Å². The standard InChI is InChI=1S/C27H31F2N7OS/c1-5-19-15-35(24-13-25(37)33(4)23-12-18(9-10-30)32-36(23)24)20(6-2)14-34(19)16(3)21-8-7-17-11-22(26(28)29)38-27(17)31-21/h7-8,11-13,16,19-20,26H,5-6,9,14-15H2,1-4H3/t16-,19-,20+/m1/s1.